The zero-order valence-corrected chi connectivity index (χ0v) is 23.1. The second-order valence-corrected chi connectivity index (χ2v) is 11.8. The van der Waals surface area contributed by atoms with Crippen molar-refractivity contribution in [1.29, 1.82) is 0 Å². The topological polar surface area (TPSA) is 9.86 Å². The van der Waals surface area contributed by atoms with Gasteiger partial charge >= 0.3 is 0 Å². The van der Waals surface area contributed by atoms with Gasteiger partial charge in [-0.1, -0.05) is 111 Å². The number of nitrogens with zero attached hydrogens (tertiary/aromatic N) is 2. The fraction of sp³-hybridized carbons (Fsp3) is 0.0769. The minimum absolute atomic E-state index is 0.150. The van der Waals surface area contributed by atoms with Crippen LogP contribution in [0.15, 0.2) is 133 Å². The van der Waals surface area contributed by atoms with Gasteiger partial charge in [-0.3, -0.25) is 0 Å². The molecule has 0 atom stereocenters. The minimum Gasteiger partial charge on any atom is -0.309 e. The van der Waals surface area contributed by atoms with Crippen LogP contribution in [0.25, 0.3) is 66.1 Å². The van der Waals surface area contributed by atoms with E-state index >= 15 is 0 Å². The van der Waals surface area contributed by atoms with E-state index in [0.717, 1.165) is 0 Å². The molecule has 2 heteroatoms. The molecule has 0 unspecified atom stereocenters. The molecule has 2 nitrogen and oxygen atoms in total. The first-order valence-corrected chi connectivity index (χ1v) is 14.4. The number of hydrogen-bond acceptors (Lipinski definition) is 0. The van der Waals surface area contributed by atoms with Crippen molar-refractivity contribution < 1.29 is 0 Å². The summed E-state index contributed by atoms with van der Waals surface area (Å²) in [4.78, 5) is 0. The second-order valence-electron chi connectivity index (χ2n) is 11.8. The molecule has 0 saturated heterocycles. The Morgan fingerprint density at radius 1 is 0.439 bits per heavy atom. The maximum absolute atomic E-state index is 2.49. The molecule has 6 aromatic carbocycles. The van der Waals surface area contributed by atoms with Gasteiger partial charge in [0.25, 0.3) is 0 Å². The van der Waals surface area contributed by atoms with Gasteiger partial charge in [0.1, 0.15) is 0 Å². The van der Waals surface area contributed by atoms with Crippen molar-refractivity contribution in [2.24, 2.45) is 0 Å². The molecule has 2 aromatic heterocycles. The van der Waals surface area contributed by atoms with E-state index < -0.39 is 0 Å². The number of para-hydroxylation sites is 3. The molecule has 0 fully saturated rings. The van der Waals surface area contributed by atoms with E-state index in [4.69, 9.17) is 0 Å². The highest BCUT2D eigenvalue weighted by Crippen LogP contribution is 2.48. The van der Waals surface area contributed by atoms with Crippen LogP contribution in [-0.4, -0.2) is 9.13 Å². The van der Waals surface area contributed by atoms with Gasteiger partial charge in [-0.25, -0.2) is 0 Å². The number of hydrogen-bond donors (Lipinski definition) is 0. The average molecular weight is 525 g/mol. The van der Waals surface area contributed by atoms with Crippen molar-refractivity contribution in [2.45, 2.75) is 19.3 Å². The molecule has 0 bridgehead atoms. The lowest BCUT2D eigenvalue weighted by Gasteiger charge is -2.35. The maximum atomic E-state index is 2.49. The van der Waals surface area contributed by atoms with Gasteiger partial charge in [0.2, 0.25) is 0 Å². The molecule has 1 aliphatic heterocycles. The lowest BCUT2D eigenvalue weighted by atomic mass is 9.74. The Morgan fingerprint density at radius 3 is 1.90 bits per heavy atom. The van der Waals surface area contributed by atoms with E-state index in [0.29, 0.717) is 0 Å². The van der Waals surface area contributed by atoms with Crippen molar-refractivity contribution in [3.63, 3.8) is 0 Å². The summed E-state index contributed by atoms with van der Waals surface area (Å²) in [5.74, 6) is 0. The average Bonchev–Trinajstić information content (AvgIpc) is 3.53. The Morgan fingerprint density at radius 2 is 1.10 bits per heavy atom. The molecule has 0 radical (unpaired) electrons. The van der Waals surface area contributed by atoms with Gasteiger partial charge in [-0.15, -0.1) is 0 Å². The predicted octanol–water partition coefficient (Wildman–Crippen LogP) is 10.2. The maximum Gasteiger partial charge on any atom is 0.0582 e. The third-order valence-electron chi connectivity index (χ3n) is 9.30. The van der Waals surface area contributed by atoms with E-state index in [1.165, 1.54) is 77.2 Å². The van der Waals surface area contributed by atoms with Crippen LogP contribution in [0.1, 0.15) is 25.0 Å². The molecule has 0 N–H and O–H groups in total. The van der Waals surface area contributed by atoms with Crippen LogP contribution in [0, 0.1) is 0 Å². The number of rotatable bonds is 2. The van der Waals surface area contributed by atoms with Crippen LogP contribution in [0.2, 0.25) is 0 Å². The van der Waals surface area contributed by atoms with E-state index in [-0.39, 0.29) is 5.41 Å². The molecule has 0 amide bonds. The summed E-state index contributed by atoms with van der Waals surface area (Å²) in [5.41, 5.74) is 12.6. The Hall–Kier alpha value is -5.08. The molecule has 41 heavy (non-hydrogen) atoms. The smallest absolute Gasteiger partial charge is 0.0582 e. The first kappa shape index (κ1) is 22.7. The van der Waals surface area contributed by atoms with E-state index in [9.17, 15) is 0 Å². The van der Waals surface area contributed by atoms with Gasteiger partial charge in [0.05, 0.1) is 27.8 Å². The second kappa shape index (κ2) is 7.99. The Bertz CT molecular complexity index is 2330. The normalized spacial score (nSPS) is 13.8. The van der Waals surface area contributed by atoms with Crippen LogP contribution in [0.5, 0.6) is 0 Å². The molecule has 8 aromatic rings. The molecule has 194 valence electrons. The fourth-order valence-corrected chi connectivity index (χ4v) is 7.34. The Balaban J connectivity index is 1.36. The van der Waals surface area contributed by atoms with Gasteiger partial charge in [-0.05, 0) is 58.7 Å². The highest BCUT2D eigenvalue weighted by Gasteiger charge is 2.35. The molecular weight excluding hydrogens is 496 g/mol. The molecule has 0 aliphatic carbocycles. The summed E-state index contributed by atoms with van der Waals surface area (Å²) in [7, 11) is 0. The summed E-state index contributed by atoms with van der Waals surface area (Å²) in [6.07, 6.45) is 0. The summed E-state index contributed by atoms with van der Waals surface area (Å²) in [6.45, 7) is 4.76. The monoisotopic (exact) mass is 524 g/mol. The summed E-state index contributed by atoms with van der Waals surface area (Å²) in [5, 5.41) is 5.20. The third kappa shape index (κ3) is 2.97. The van der Waals surface area contributed by atoms with Crippen LogP contribution in [0.4, 0.5) is 0 Å². The van der Waals surface area contributed by atoms with Gasteiger partial charge in [-0.2, -0.15) is 0 Å². The van der Waals surface area contributed by atoms with Crippen molar-refractivity contribution in [3.8, 4) is 22.5 Å². The van der Waals surface area contributed by atoms with Crippen molar-refractivity contribution in [1.82, 2.24) is 9.13 Å². The molecule has 0 saturated carbocycles. The Kier molecular flexibility index (Phi) is 4.42. The predicted molar refractivity (Wildman–Crippen MR) is 173 cm³/mol. The molecular formula is C39H28N2. The zero-order chi connectivity index (χ0) is 27.3. The first-order valence-electron chi connectivity index (χ1n) is 14.4. The molecule has 3 heterocycles. The SMILES string of the molecule is CC1(C)c2cc(-n3c4ccccc4c4ccc(-c5ccccc5)cc43)ccc2-n2c3ccccc3c3cccc1c32. The minimum atomic E-state index is -0.150. The molecule has 9 rings (SSSR count). The number of fused-ring (bicyclic) bond motifs is 8. The third-order valence-corrected chi connectivity index (χ3v) is 9.30. The standard InChI is InChI=1S/C39H28N2/c1-39(2)32-16-10-15-31-29-14-7-9-18-35(29)41(38(31)32)36-22-20-27(24-33(36)39)40-34-17-8-6-13-28(34)30-21-19-26(23-37(30)40)25-11-4-3-5-12-25/h3-24H,1-2H3. The molecule has 0 spiro atoms. The van der Waals surface area contributed by atoms with Gasteiger partial charge in [0, 0.05) is 32.6 Å². The summed E-state index contributed by atoms with van der Waals surface area (Å²) >= 11 is 0. The highest BCUT2D eigenvalue weighted by atomic mass is 15.0. The first-order chi connectivity index (χ1) is 20.1. The van der Waals surface area contributed by atoms with Crippen molar-refractivity contribution in [3.05, 3.63) is 145 Å². The van der Waals surface area contributed by atoms with Crippen LogP contribution in [0.3, 0.4) is 0 Å². The van der Waals surface area contributed by atoms with E-state index in [1.807, 2.05) is 0 Å². The van der Waals surface area contributed by atoms with Gasteiger partial charge in [0.15, 0.2) is 0 Å². The van der Waals surface area contributed by atoms with Crippen LogP contribution >= 0.6 is 0 Å². The lowest BCUT2D eigenvalue weighted by Crippen LogP contribution is -2.26. The Labute approximate surface area is 238 Å². The van der Waals surface area contributed by atoms with E-state index in [1.54, 1.807) is 0 Å². The molecule has 1 aliphatic rings. The van der Waals surface area contributed by atoms with Crippen molar-refractivity contribution >= 4 is 43.6 Å². The number of aromatic nitrogens is 2. The largest absolute Gasteiger partial charge is 0.309 e. The van der Waals surface area contributed by atoms with Crippen LogP contribution in [-0.2, 0) is 5.41 Å². The number of benzene rings is 6. The van der Waals surface area contributed by atoms with Crippen LogP contribution < -0.4 is 0 Å². The summed E-state index contributed by atoms with van der Waals surface area (Å²) < 4.78 is 4.95. The lowest BCUT2D eigenvalue weighted by molar-refractivity contribution is 0.629. The highest BCUT2D eigenvalue weighted by molar-refractivity contribution is 6.12. The van der Waals surface area contributed by atoms with Gasteiger partial charge < -0.3 is 9.13 Å². The zero-order valence-electron chi connectivity index (χ0n) is 23.1. The fourth-order valence-electron chi connectivity index (χ4n) is 7.34. The quantitative estimate of drug-likeness (QED) is 0.213. The summed E-state index contributed by atoms with van der Waals surface area (Å²) in [6, 6.07) is 49.1. The van der Waals surface area contributed by atoms with E-state index in [2.05, 4.69) is 156 Å². The van der Waals surface area contributed by atoms with Crippen molar-refractivity contribution in [2.75, 3.05) is 0 Å².